The summed E-state index contributed by atoms with van der Waals surface area (Å²) in [6, 6.07) is 7.26. The highest BCUT2D eigenvalue weighted by Gasteiger charge is 2.19. The summed E-state index contributed by atoms with van der Waals surface area (Å²) < 4.78 is 45.0. The van der Waals surface area contributed by atoms with Crippen molar-refractivity contribution in [2.24, 2.45) is 0 Å². The van der Waals surface area contributed by atoms with E-state index in [0.717, 1.165) is 54.5 Å². The third-order valence-corrected chi connectivity index (χ3v) is 6.56. The van der Waals surface area contributed by atoms with E-state index in [0.29, 0.717) is 43.0 Å². The third kappa shape index (κ3) is 7.98. The number of thiazole rings is 1. The lowest BCUT2D eigenvalue weighted by Crippen LogP contribution is -2.13. The molecule has 1 aromatic heterocycles. The molecule has 0 atom stereocenters. The molecule has 0 spiro atoms. The van der Waals surface area contributed by atoms with Gasteiger partial charge in [0.1, 0.15) is 17.4 Å². The van der Waals surface area contributed by atoms with Gasteiger partial charge in [-0.25, -0.2) is 18.6 Å². The Hall–Kier alpha value is -3.54. The number of unbranched alkanes of at least 4 members (excludes halogenated alkanes) is 1. The highest BCUT2D eigenvalue weighted by Crippen LogP contribution is 2.35. The Kier molecular flexibility index (Phi) is 11.2. The lowest BCUT2D eigenvalue weighted by Gasteiger charge is -2.12. The Morgan fingerprint density at radius 2 is 1.90 bits per heavy atom. The minimum Gasteiger partial charge on any atom is -0.496 e. The predicted molar refractivity (Wildman–Crippen MR) is 146 cm³/mol. The van der Waals surface area contributed by atoms with Gasteiger partial charge in [0, 0.05) is 40.6 Å². The molecular formula is C27H27ClF2N2O6S. The number of alkyl halides is 1. The monoisotopic (exact) mass is 580 g/mol. The fraction of sp³-hybridized carbons (Fsp3) is 0.296. The minimum atomic E-state index is -1.49. The highest BCUT2D eigenvalue weighted by molar-refractivity contribution is 7.14. The van der Waals surface area contributed by atoms with E-state index in [4.69, 9.17) is 26.2 Å². The van der Waals surface area contributed by atoms with E-state index in [-0.39, 0.29) is 10.7 Å². The zero-order chi connectivity index (χ0) is 28.4. The number of carbonyl (C=O) groups is 2. The van der Waals surface area contributed by atoms with Crippen molar-refractivity contribution >= 4 is 46.0 Å². The summed E-state index contributed by atoms with van der Waals surface area (Å²) in [6.45, 7) is 1.15. The van der Waals surface area contributed by atoms with Crippen molar-refractivity contribution < 1.29 is 37.7 Å². The fourth-order valence-electron chi connectivity index (χ4n) is 3.62. The van der Waals surface area contributed by atoms with Crippen LogP contribution in [0.1, 0.15) is 34.3 Å². The topological polar surface area (TPSA) is 107 Å². The summed E-state index contributed by atoms with van der Waals surface area (Å²) in [5.41, 5.74) is 1.25. The molecule has 8 nitrogen and oxygen atoms in total. The van der Waals surface area contributed by atoms with Crippen LogP contribution in [0.4, 0.5) is 13.9 Å². The lowest BCUT2D eigenvalue weighted by atomic mass is 10.0. The van der Waals surface area contributed by atoms with Crippen molar-refractivity contribution in [3.63, 3.8) is 0 Å². The van der Waals surface area contributed by atoms with Crippen LogP contribution < -0.4 is 10.1 Å². The second kappa shape index (κ2) is 14.6. The Morgan fingerprint density at radius 3 is 2.54 bits per heavy atom. The van der Waals surface area contributed by atoms with Crippen molar-refractivity contribution in [1.29, 1.82) is 0 Å². The number of amides is 1. The van der Waals surface area contributed by atoms with Gasteiger partial charge in [0.05, 0.1) is 26.5 Å². The lowest BCUT2D eigenvalue weighted by molar-refractivity contribution is -0.135. The molecular weight excluding hydrogens is 554 g/mol. The molecule has 12 heteroatoms. The first kappa shape index (κ1) is 30.0. The number of carboxylic acid groups (broad SMARTS) is 1. The first-order chi connectivity index (χ1) is 18.8. The summed E-state index contributed by atoms with van der Waals surface area (Å²) in [4.78, 5) is 28.2. The van der Waals surface area contributed by atoms with Crippen molar-refractivity contribution in [3.8, 4) is 17.0 Å². The molecule has 0 radical (unpaired) electrons. The smallest absolute Gasteiger partial charge is 0.371 e. The largest absolute Gasteiger partial charge is 0.496 e. The Labute approximate surface area is 233 Å². The molecule has 0 aliphatic heterocycles. The quantitative estimate of drug-likeness (QED) is 0.104. The van der Waals surface area contributed by atoms with E-state index >= 15 is 0 Å². The van der Waals surface area contributed by atoms with Crippen LogP contribution in [0.5, 0.6) is 5.75 Å². The molecule has 2 aromatic carbocycles. The van der Waals surface area contributed by atoms with E-state index in [1.54, 1.807) is 12.5 Å². The number of nitrogens with one attached hydrogen (secondary N) is 1. The molecule has 0 saturated heterocycles. The van der Waals surface area contributed by atoms with Crippen LogP contribution in [0.3, 0.4) is 0 Å². The summed E-state index contributed by atoms with van der Waals surface area (Å²) in [5, 5.41) is 13.5. The molecule has 3 rings (SSSR count). The van der Waals surface area contributed by atoms with Gasteiger partial charge in [0.2, 0.25) is 5.76 Å². The van der Waals surface area contributed by atoms with Gasteiger partial charge in [-0.2, -0.15) is 0 Å². The van der Waals surface area contributed by atoms with Gasteiger partial charge in [-0.15, -0.1) is 22.9 Å². The molecule has 1 amide bonds. The number of carboxylic acids is 1. The van der Waals surface area contributed by atoms with Crippen LogP contribution in [-0.4, -0.2) is 55.3 Å². The number of nitrogens with zero attached hydrogens (tertiary/aromatic N) is 1. The van der Waals surface area contributed by atoms with Crippen molar-refractivity contribution in [2.75, 3.05) is 38.6 Å². The summed E-state index contributed by atoms with van der Waals surface area (Å²) in [7, 11) is 2.62. The molecule has 0 bridgehead atoms. The van der Waals surface area contributed by atoms with Crippen LogP contribution in [0, 0.1) is 11.6 Å². The number of hydrogen-bond donors (Lipinski definition) is 2. The van der Waals surface area contributed by atoms with Crippen LogP contribution >= 0.6 is 22.9 Å². The van der Waals surface area contributed by atoms with Crippen molar-refractivity contribution in [2.45, 2.75) is 19.3 Å². The second-order valence-electron chi connectivity index (χ2n) is 8.12. The molecule has 0 saturated carbocycles. The van der Waals surface area contributed by atoms with Gasteiger partial charge >= 0.3 is 5.97 Å². The number of ether oxygens (including phenoxy) is 3. The van der Waals surface area contributed by atoms with E-state index in [1.807, 2.05) is 18.2 Å². The normalized spacial score (nSPS) is 11.4. The fourth-order valence-corrected chi connectivity index (χ4v) is 4.52. The molecule has 0 unspecified atom stereocenters. The summed E-state index contributed by atoms with van der Waals surface area (Å²) in [5.74, 6) is -3.95. The number of carbonyl (C=O) groups excluding carboxylic acids is 1. The highest BCUT2D eigenvalue weighted by atomic mass is 35.5. The van der Waals surface area contributed by atoms with Crippen molar-refractivity contribution in [3.05, 3.63) is 69.8 Å². The standard InChI is InChI=1S/C27H27ClF2N2O6S/c1-36-23(26(34)35)14-19-20(29)12-17(13-21(19)30)25(33)32-27-31-22(15-39-27)18-7-5-6-16(24(18)37-2)8-11-38-10-4-3-9-28/h5-7,12-15H,3-4,8-11H2,1-2H3,(H,34,35)(H,31,32,33)/b23-14-. The molecule has 208 valence electrons. The maximum atomic E-state index is 14.5. The SMILES string of the molecule is CO/C(=C\c1c(F)cc(C(=O)Nc2nc(-c3cccc(CCOCCCCCl)c3OC)cs2)cc1F)C(=O)O. The van der Waals surface area contributed by atoms with Crippen LogP contribution in [-0.2, 0) is 20.7 Å². The predicted octanol–water partition coefficient (Wildman–Crippen LogP) is 6.00. The van der Waals surface area contributed by atoms with Gasteiger partial charge in [-0.1, -0.05) is 12.1 Å². The van der Waals surface area contributed by atoms with E-state index in [9.17, 15) is 18.4 Å². The van der Waals surface area contributed by atoms with Crippen molar-refractivity contribution in [1.82, 2.24) is 4.98 Å². The van der Waals surface area contributed by atoms with Gasteiger partial charge in [0.25, 0.3) is 5.91 Å². The molecule has 0 aliphatic rings. The number of benzene rings is 2. The van der Waals surface area contributed by atoms with Gasteiger partial charge in [-0.3, -0.25) is 10.1 Å². The van der Waals surface area contributed by atoms with Gasteiger partial charge < -0.3 is 19.3 Å². The van der Waals surface area contributed by atoms with Crippen LogP contribution in [0.25, 0.3) is 17.3 Å². The number of halogens is 3. The average Bonchev–Trinajstić information content (AvgIpc) is 3.38. The molecule has 0 fully saturated rings. The van der Waals surface area contributed by atoms with Gasteiger partial charge in [0.15, 0.2) is 5.13 Å². The number of anilines is 1. The van der Waals surface area contributed by atoms with E-state index < -0.39 is 34.8 Å². The number of aromatic nitrogens is 1. The zero-order valence-electron chi connectivity index (χ0n) is 21.3. The number of aliphatic carboxylic acids is 1. The summed E-state index contributed by atoms with van der Waals surface area (Å²) in [6.07, 6.45) is 3.13. The number of rotatable bonds is 14. The van der Waals surface area contributed by atoms with Gasteiger partial charge in [-0.05, 0) is 43.0 Å². The number of hydrogen-bond acceptors (Lipinski definition) is 7. The third-order valence-electron chi connectivity index (χ3n) is 5.54. The number of para-hydroxylation sites is 1. The Balaban J connectivity index is 1.74. The van der Waals surface area contributed by atoms with E-state index in [1.165, 1.54) is 0 Å². The molecule has 3 aromatic rings. The first-order valence-corrected chi connectivity index (χ1v) is 13.2. The van der Waals surface area contributed by atoms with Crippen LogP contribution in [0.2, 0.25) is 0 Å². The second-order valence-corrected chi connectivity index (χ2v) is 9.36. The Bertz CT molecular complexity index is 1320. The molecule has 0 aliphatic carbocycles. The first-order valence-electron chi connectivity index (χ1n) is 11.8. The molecule has 39 heavy (non-hydrogen) atoms. The maximum absolute atomic E-state index is 14.5. The zero-order valence-corrected chi connectivity index (χ0v) is 22.8. The Morgan fingerprint density at radius 1 is 1.15 bits per heavy atom. The minimum absolute atomic E-state index is 0.211. The summed E-state index contributed by atoms with van der Waals surface area (Å²) >= 11 is 6.81. The van der Waals surface area contributed by atoms with E-state index in [2.05, 4.69) is 15.0 Å². The molecule has 1 heterocycles. The number of methoxy groups -OCH3 is 2. The average molecular weight is 581 g/mol. The maximum Gasteiger partial charge on any atom is 0.371 e. The molecule has 2 N–H and O–H groups in total. The van der Waals surface area contributed by atoms with Crippen LogP contribution in [0.15, 0.2) is 41.5 Å².